The summed E-state index contributed by atoms with van der Waals surface area (Å²) in [6.45, 7) is 3.21. The van der Waals surface area contributed by atoms with E-state index in [4.69, 9.17) is 16.6 Å². The third-order valence-corrected chi connectivity index (χ3v) is 5.19. The number of aliphatic carboxylic acids is 2. The van der Waals surface area contributed by atoms with Crippen LogP contribution in [0.15, 0.2) is 30.3 Å². The molecule has 36 heavy (non-hydrogen) atoms. The van der Waals surface area contributed by atoms with Crippen LogP contribution in [-0.4, -0.2) is 69.9 Å². The molecular formula is C23H33N5O8. The monoisotopic (exact) mass is 507 g/mol. The van der Waals surface area contributed by atoms with Crippen LogP contribution >= 0.6 is 0 Å². The first-order valence-electron chi connectivity index (χ1n) is 11.2. The molecule has 0 saturated heterocycles. The SMILES string of the molecule is CC(C)C(NC(=O)C(Cc1ccccc1)NC(=O)C(CC(N)=O)NC(=O)C(N)CCC(=O)O)C(=O)O. The van der Waals surface area contributed by atoms with Gasteiger partial charge in [-0.3, -0.25) is 24.0 Å². The highest BCUT2D eigenvalue weighted by Crippen LogP contribution is 2.08. The third kappa shape index (κ3) is 10.5. The van der Waals surface area contributed by atoms with Crippen LogP contribution in [0.3, 0.4) is 0 Å². The van der Waals surface area contributed by atoms with Crippen molar-refractivity contribution in [2.75, 3.05) is 0 Å². The highest BCUT2D eigenvalue weighted by Gasteiger charge is 2.32. The van der Waals surface area contributed by atoms with Gasteiger partial charge in [-0.05, 0) is 17.9 Å². The average molecular weight is 508 g/mol. The topological polar surface area (TPSA) is 231 Å². The molecular weight excluding hydrogens is 474 g/mol. The van der Waals surface area contributed by atoms with Crippen molar-refractivity contribution < 1.29 is 39.0 Å². The summed E-state index contributed by atoms with van der Waals surface area (Å²) in [5.74, 6) is -6.39. The maximum Gasteiger partial charge on any atom is 0.326 e. The molecule has 1 aromatic carbocycles. The second-order valence-corrected chi connectivity index (χ2v) is 8.59. The molecule has 198 valence electrons. The Labute approximate surface area is 208 Å². The van der Waals surface area contributed by atoms with Gasteiger partial charge >= 0.3 is 11.9 Å². The lowest BCUT2D eigenvalue weighted by Gasteiger charge is -2.26. The Morgan fingerprint density at radius 2 is 1.42 bits per heavy atom. The van der Waals surface area contributed by atoms with E-state index in [1.807, 2.05) is 0 Å². The minimum absolute atomic E-state index is 0.0157. The van der Waals surface area contributed by atoms with Crippen LogP contribution in [0.2, 0.25) is 0 Å². The Hall–Kier alpha value is -4.00. The zero-order valence-electron chi connectivity index (χ0n) is 20.1. The average Bonchev–Trinajstić information content (AvgIpc) is 2.79. The number of nitrogens with one attached hydrogen (secondary N) is 3. The standard InChI is InChI=1S/C23H33N5O8/c1-12(2)19(23(35)36)28-22(34)15(10-13-6-4-3-5-7-13)27-21(33)16(11-17(25)29)26-20(32)14(24)8-9-18(30)31/h3-7,12,14-16,19H,8-11,24H2,1-2H3,(H2,25,29)(H,26,32)(H,27,33)(H,28,34)(H,30,31)(H,35,36). The lowest BCUT2D eigenvalue weighted by Crippen LogP contribution is -2.58. The molecule has 0 aliphatic carbocycles. The Kier molecular flexibility index (Phi) is 12.0. The molecule has 0 aliphatic rings. The van der Waals surface area contributed by atoms with Crippen LogP contribution in [0, 0.1) is 5.92 Å². The fourth-order valence-corrected chi connectivity index (χ4v) is 3.20. The molecule has 0 bridgehead atoms. The van der Waals surface area contributed by atoms with Crippen LogP contribution in [0.5, 0.6) is 0 Å². The van der Waals surface area contributed by atoms with Gasteiger partial charge in [-0.2, -0.15) is 0 Å². The van der Waals surface area contributed by atoms with Gasteiger partial charge in [-0.15, -0.1) is 0 Å². The minimum Gasteiger partial charge on any atom is -0.481 e. The molecule has 4 unspecified atom stereocenters. The Bertz CT molecular complexity index is 953. The summed E-state index contributed by atoms with van der Waals surface area (Å²) in [6, 6.07) is 3.34. The summed E-state index contributed by atoms with van der Waals surface area (Å²) in [5, 5.41) is 25.3. The molecule has 0 spiro atoms. The van der Waals surface area contributed by atoms with Gasteiger partial charge in [-0.1, -0.05) is 44.2 Å². The van der Waals surface area contributed by atoms with Crippen molar-refractivity contribution in [3.05, 3.63) is 35.9 Å². The largest absolute Gasteiger partial charge is 0.481 e. The van der Waals surface area contributed by atoms with Gasteiger partial charge < -0.3 is 37.6 Å². The van der Waals surface area contributed by atoms with Crippen molar-refractivity contribution in [1.82, 2.24) is 16.0 Å². The van der Waals surface area contributed by atoms with Crippen molar-refractivity contribution in [2.24, 2.45) is 17.4 Å². The van der Waals surface area contributed by atoms with E-state index < -0.39 is 72.1 Å². The quantitative estimate of drug-likeness (QED) is 0.146. The van der Waals surface area contributed by atoms with E-state index in [9.17, 15) is 33.9 Å². The van der Waals surface area contributed by atoms with E-state index >= 15 is 0 Å². The fraction of sp³-hybridized carbons (Fsp3) is 0.478. The van der Waals surface area contributed by atoms with Crippen molar-refractivity contribution >= 4 is 35.6 Å². The van der Waals surface area contributed by atoms with Crippen molar-refractivity contribution in [3.8, 4) is 0 Å². The first-order chi connectivity index (χ1) is 16.8. The predicted octanol–water partition coefficient (Wildman–Crippen LogP) is -1.51. The zero-order valence-corrected chi connectivity index (χ0v) is 20.1. The molecule has 13 nitrogen and oxygen atoms in total. The van der Waals surface area contributed by atoms with Crippen LogP contribution in [0.4, 0.5) is 0 Å². The number of benzene rings is 1. The molecule has 0 radical (unpaired) electrons. The molecule has 13 heteroatoms. The number of carboxylic acid groups (broad SMARTS) is 2. The Balaban J connectivity index is 3.10. The van der Waals surface area contributed by atoms with E-state index in [2.05, 4.69) is 16.0 Å². The summed E-state index contributed by atoms with van der Waals surface area (Å²) in [4.78, 5) is 72.1. The number of primary amides is 1. The molecule has 0 aromatic heterocycles. The molecule has 0 aliphatic heterocycles. The van der Waals surface area contributed by atoms with Gasteiger partial charge in [0.05, 0.1) is 12.5 Å². The van der Waals surface area contributed by atoms with E-state index in [0.717, 1.165) is 0 Å². The second-order valence-electron chi connectivity index (χ2n) is 8.59. The molecule has 4 amide bonds. The van der Waals surface area contributed by atoms with Crippen molar-refractivity contribution in [2.45, 2.75) is 63.7 Å². The Morgan fingerprint density at radius 3 is 1.92 bits per heavy atom. The summed E-state index contributed by atoms with van der Waals surface area (Å²) in [5.41, 5.74) is 11.5. The zero-order chi connectivity index (χ0) is 27.4. The molecule has 1 aromatic rings. The number of nitrogens with two attached hydrogens (primary N) is 2. The van der Waals surface area contributed by atoms with Crippen LogP contribution in [0.25, 0.3) is 0 Å². The highest BCUT2D eigenvalue weighted by molar-refractivity contribution is 5.96. The summed E-state index contributed by atoms with van der Waals surface area (Å²) in [7, 11) is 0. The number of hydrogen-bond donors (Lipinski definition) is 7. The summed E-state index contributed by atoms with van der Waals surface area (Å²) >= 11 is 0. The molecule has 1 rings (SSSR count). The first-order valence-corrected chi connectivity index (χ1v) is 11.2. The van der Waals surface area contributed by atoms with E-state index in [-0.39, 0.29) is 19.3 Å². The van der Waals surface area contributed by atoms with Gasteiger partial charge in [0.1, 0.15) is 18.1 Å². The highest BCUT2D eigenvalue weighted by atomic mass is 16.4. The normalized spacial score (nSPS) is 14.1. The van der Waals surface area contributed by atoms with Gasteiger partial charge in [0.2, 0.25) is 23.6 Å². The van der Waals surface area contributed by atoms with Crippen LogP contribution < -0.4 is 27.4 Å². The summed E-state index contributed by atoms with van der Waals surface area (Å²) < 4.78 is 0. The van der Waals surface area contributed by atoms with Crippen molar-refractivity contribution in [1.29, 1.82) is 0 Å². The van der Waals surface area contributed by atoms with Crippen LogP contribution in [0.1, 0.15) is 38.7 Å². The second kappa shape index (κ2) is 14.4. The predicted molar refractivity (Wildman–Crippen MR) is 127 cm³/mol. The van der Waals surface area contributed by atoms with E-state index in [1.54, 1.807) is 44.2 Å². The van der Waals surface area contributed by atoms with Crippen LogP contribution in [-0.2, 0) is 35.2 Å². The molecule has 0 fully saturated rings. The Morgan fingerprint density at radius 1 is 0.861 bits per heavy atom. The van der Waals surface area contributed by atoms with Gasteiger partial charge in [0.15, 0.2) is 0 Å². The molecule has 9 N–H and O–H groups in total. The summed E-state index contributed by atoms with van der Waals surface area (Å²) in [6.07, 6.45) is -1.23. The van der Waals surface area contributed by atoms with E-state index in [1.165, 1.54) is 0 Å². The molecule has 4 atom stereocenters. The fourth-order valence-electron chi connectivity index (χ4n) is 3.20. The first kappa shape index (κ1) is 30.0. The lowest BCUT2D eigenvalue weighted by atomic mass is 10.0. The maximum atomic E-state index is 13.0. The van der Waals surface area contributed by atoms with Gasteiger partial charge in [0.25, 0.3) is 0 Å². The number of carbonyl (C=O) groups excluding carboxylic acids is 4. The lowest BCUT2D eigenvalue weighted by molar-refractivity contribution is -0.143. The van der Waals surface area contributed by atoms with Gasteiger partial charge in [0, 0.05) is 12.8 Å². The number of amides is 4. The number of carbonyl (C=O) groups is 6. The number of rotatable bonds is 15. The number of hydrogen-bond acceptors (Lipinski definition) is 7. The van der Waals surface area contributed by atoms with Crippen molar-refractivity contribution in [3.63, 3.8) is 0 Å². The van der Waals surface area contributed by atoms with Gasteiger partial charge in [-0.25, -0.2) is 4.79 Å². The molecule has 0 heterocycles. The molecule has 0 saturated carbocycles. The smallest absolute Gasteiger partial charge is 0.326 e. The maximum absolute atomic E-state index is 13.0. The third-order valence-electron chi connectivity index (χ3n) is 5.19. The van der Waals surface area contributed by atoms with E-state index in [0.29, 0.717) is 5.56 Å². The minimum atomic E-state index is -1.50. The number of carboxylic acids is 2.